The summed E-state index contributed by atoms with van der Waals surface area (Å²) >= 11 is 0. The zero-order valence-electron chi connectivity index (χ0n) is 11.8. The van der Waals surface area contributed by atoms with Crippen molar-refractivity contribution in [1.82, 2.24) is 0 Å². The molecule has 0 atom stereocenters. The lowest BCUT2D eigenvalue weighted by Gasteiger charge is -2.17. The minimum absolute atomic E-state index is 0.236. The number of ether oxygens (including phenoxy) is 1. The minimum Gasteiger partial charge on any atom is -0.493 e. The van der Waals surface area contributed by atoms with Crippen LogP contribution in [-0.2, 0) is 12.8 Å². The Morgan fingerprint density at radius 1 is 1.15 bits per heavy atom. The van der Waals surface area contributed by atoms with Gasteiger partial charge in [0.2, 0.25) is 0 Å². The number of hydrogen-bond donors (Lipinski definition) is 0. The van der Waals surface area contributed by atoms with Crippen molar-refractivity contribution in [3.05, 3.63) is 29.3 Å². The van der Waals surface area contributed by atoms with Gasteiger partial charge in [-0.15, -0.1) is 12.3 Å². The van der Waals surface area contributed by atoms with Crippen molar-refractivity contribution in [3.8, 4) is 18.1 Å². The van der Waals surface area contributed by atoms with E-state index in [0.717, 1.165) is 25.0 Å². The first-order valence-electron chi connectivity index (χ1n) is 7.43. The topological polar surface area (TPSA) is 34.0 Å². The lowest BCUT2D eigenvalue weighted by Crippen LogP contribution is -2.15. The largest absolute Gasteiger partial charge is 0.493 e. The summed E-state index contributed by atoms with van der Waals surface area (Å²) in [6.07, 6.45) is 12.7. The quantitative estimate of drug-likeness (QED) is 0.720. The Balaban J connectivity index is 1.50. The normalized spacial score (nSPS) is 18.1. The van der Waals surface area contributed by atoms with Gasteiger partial charge in [0.15, 0.2) is 5.66 Å². The standard InChI is InChI=1S/C17H20N2O/c1-2-3-10-17(18-19-17)11-12-20-16-9-8-14-6-4-5-7-15(14)13-16/h1,8-9,13H,3-7,10-12H2. The molecule has 0 unspecified atom stereocenters. The van der Waals surface area contributed by atoms with Crippen molar-refractivity contribution in [1.29, 1.82) is 0 Å². The Hall–Kier alpha value is -1.82. The van der Waals surface area contributed by atoms with Crippen molar-refractivity contribution in [2.45, 2.75) is 50.6 Å². The number of benzene rings is 1. The Morgan fingerprint density at radius 2 is 1.95 bits per heavy atom. The zero-order valence-corrected chi connectivity index (χ0v) is 11.8. The summed E-state index contributed by atoms with van der Waals surface area (Å²) in [4.78, 5) is 0. The van der Waals surface area contributed by atoms with Gasteiger partial charge in [0.1, 0.15) is 5.75 Å². The fourth-order valence-electron chi connectivity index (χ4n) is 2.80. The molecule has 0 bridgehead atoms. The van der Waals surface area contributed by atoms with Crippen LogP contribution in [0.1, 0.15) is 43.2 Å². The fraction of sp³-hybridized carbons (Fsp3) is 0.529. The third-order valence-electron chi connectivity index (χ3n) is 4.14. The predicted octanol–water partition coefficient (Wildman–Crippen LogP) is 3.91. The number of aryl methyl sites for hydroxylation is 2. The molecule has 2 aliphatic rings. The number of fused-ring (bicyclic) bond motifs is 1. The SMILES string of the molecule is C#CCCC1(CCOc2ccc3c(c2)CCCC3)N=N1. The Labute approximate surface area is 120 Å². The molecular weight excluding hydrogens is 248 g/mol. The van der Waals surface area contributed by atoms with Crippen molar-refractivity contribution in [2.24, 2.45) is 10.2 Å². The molecule has 104 valence electrons. The van der Waals surface area contributed by atoms with E-state index in [4.69, 9.17) is 11.2 Å². The molecule has 20 heavy (non-hydrogen) atoms. The summed E-state index contributed by atoms with van der Waals surface area (Å²) in [7, 11) is 0. The maximum Gasteiger partial charge on any atom is 0.195 e. The van der Waals surface area contributed by atoms with Crippen LogP contribution >= 0.6 is 0 Å². The van der Waals surface area contributed by atoms with Gasteiger partial charge in [-0.1, -0.05) is 6.07 Å². The summed E-state index contributed by atoms with van der Waals surface area (Å²) < 4.78 is 5.86. The monoisotopic (exact) mass is 268 g/mol. The van der Waals surface area contributed by atoms with E-state index in [1.54, 1.807) is 0 Å². The molecular formula is C17H20N2O. The first kappa shape index (κ1) is 13.2. The summed E-state index contributed by atoms with van der Waals surface area (Å²) in [5.74, 6) is 3.62. The molecule has 0 saturated carbocycles. The van der Waals surface area contributed by atoms with Gasteiger partial charge < -0.3 is 4.74 Å². The van der Waals surface area contributed by atoms with Gasteiger partial charge >= 0.3 is 0 Å². The Kier molecular flexibility index (Phi) is 3.73. The summed E-state index contributed by atoms with van der Waals surface area (Å²) in [6.45, 7) is 0.649. The predicted molar refractivity (Wildman–Crippen MR) is 78.9 cm³/mol. The summed E-state index contributed by atoms with van der Waals surface area (Å²) in [5.41, 5.74) is 2.71. The van der Waals surface area contributed by atoms with E-state index in [1.165, 1.54) is 36.8 Å². The number of terminal acetylenes is 1. The highest BCUT2D eigenvalue weighted by molar-refractivity contribution is 5.37. The maximum absolute atomic E-state index is 5.86. The molecule has 0 spiro atoms. The van der Waals surface area contributed by atoms with E-state index in [1.807, 2.05) is 0 Å². The van der Waals surface area contributed by atoms with E-state index in [2.05, 4.69) is 34.3 Å². The summed E-state index contributed by atoms with van der Waals surface area (Å²) in [5, 5.41) is 8.24. The van der Waals surface area contributed by atoms with Gasteiger partial charge in [0.25, 0.3) is 0 Å². The fourth-order valence-corrected chi connectivity index (χ4v) is 2.80. The molecule has 1 aliphatic carbocycles. The molecule has 3 nitrogen and oxygen atoms in total. The van der Waals surface area contributed by atoms with E-state index < -0.39 is 0 Å². The lowest BCUT2D eigenvalue weighted by atomic mass is 9.92. The van der Waals surface area contributed by atoms with Crippen LogP contribution in [-0.4, -0.2) is 12.3 Å². The molecule has 3 heteroatoms. The summed E-state index contributed by atoms with van der Waals surface area (Å²) in [6, 6.07) is 6.49. The highest BCUT2D eigenvalue weighted by Crippen LogP contribution is 2.36. The maximum atomic E-state index is 5.86. The third kappa shape index (κ3) is 3.01. The van der Waals surface area contributed by atoms with Crippen LogP contribution in [0.25, 0.3) is 0 Å². The second-order valence-corrected chi connectivity index (χ2v) is 5.62. The van der Waals surface area contributed by atoms with Gasteiger partial charge in [0.05, 0.1) is 6.61 Å². The van der Waals surface area contributed by atoms with Crippen LogP contribution < -0.4 is 4.74 Å². The molecule has 3 rings (SSSR count). The van der Waals surface area contributed by atoms with Crippen LogP contribution in [0.2, 0.25) is 0 Å². The minimum atomic E-state index is -0.236. The molecule has 0 fully saturated rings. The first-order valence-corrected chi connectivity index (χ1v) is 7.43. The van der Waals surface area contributed by atoms with E-state index >= 15 is 0 Å². The second kappa shape index (κ2) is 5.66. The average Bonchev–Trinajstić information content (AvgIpc) is 3.25. The highest BCUT2D eigenvalue weighted by Gasteiger charge is 2.38. The molecule has 1 aliphatic heterocycles. The highest BCUT2D eigenvalue weighted by atomic mass is 16.5. The average molecular weight is 268 g/mol. The van der Waals surface area contributed by atoms with Gasteiger partial charge in [-0.05, 0) is 48.9 Å². The second-order valence-electron chi connectivity index (χ2n) is 5.62. The van der Waals surface area contributed by atoms with Crippen LogP contribution in [0.5, 0.6) is 5.75 Å². The van der Waals surface area contributed by atoms with Crippen molar-refractivity contribution >= 4 is 0 Å². The van der Waals surface area contributed by atoms with Crippen molar-refractivity contribution < 1.29 is 4.74 Å². The number of hydrogen-bond acceptors (Lipinski definition) is 3. The molecule has 1 heterocycles. The molecule has 1 aromatic carbocycles. The Bertz CT molecular complexity index is 551. The van der Waals surface area contributed by atoms with Gasteiger partial charge in [-0.3, -0.25) is 0 Å². The molecule has 0 aromatic heterocycles. The smallest absolute Gasteiger partial charge is 0.195 e. The van der Waals surface area contributed by atoms with E-state index in [0.29, 0.717) is 6.61 Å². The third-order valence-corrected chi connectivity index (χ3v) is 4.14. The molecule has 0 amide bonds. The van der Waals surface area contributed by atoms with Crippen molar-refractivity contribution in [3.63, 3.8) is 0 Å². The van der Waals surface area contributed by atoms with E-state index in [9.17, 15) is 0 Å². The molecule has 0 N–H and O–H groups in total. The molecule has 0 radical (unpaired) electrons. The van der Waals surface area contributed by atoms with Gasteiger partial charge in [0, 0.05) is 19.3 Å². The van der Waals surface area contributed by atoms with Crippen molar-refractivity contribution in [2.75, 3.05) is 6.61 Å². The van der Waals surface area contributed by atoms with Crippen LogP contribution in [0.4, 0.5) is 0 Å². The number of rotatable bonds is 6. The molecule has 0 saturated heterocycles. The van der Waals surface area contributed by atoms with E-state index in [-0.39, 0.29) is 5.66 Å². The van der Waals surface area contributed by atoms with Crippen LogP contribution in [0, 0.1) is 12.3 Å². The van der Waals surface area contributed by atoms with Crippen LogP contribution in [0.15, 0.2) is 28.4 Å². The molecule has 1 aromatic rings. The zero-order chi connectivity index (χ0) is 13.8. The lowest BCUT2D eigenvalue weighted by molar-refractivity contribution is 0.283. The first-order chi connectivity index (χ1) is 9.81. The van der Waals surface area contributed by atoms with Gasteiger partial charge in [-0.2, -0.15) is 10.2 Å². The number of nitrogens with zero attached hydrogens (tertiary/aromatic N) is 2. The van der Waals surface area contributed by atoms with Gasteiger partial charge in [-0.25, -0.2) is 0 Å². The van der Waals surface area contributed by atoms with Crippen LogP contribution in [0.3, 0.4) is 0 Å². The Morgan fingerprint density at radius 3 is 2.70 bits per heavy atom.